The highest BCUT2D eigenvalue weighted by Crippen LogP contribution is 2.19. The van der Waals surface area contributed by atoms with Gasteiger partial charge in [-0.15, -0.1) is 0 Å². The van der Waals surface area contributed by atoms with Crippen molar-refractivity contribution >= 4 is 5.95 Å². The summed E-state index contributed by atoms with van der Waals surface area (Å²) in [7, 11) is 3.16. The first-order valence-electron chi connectivity index (χ1n) is 6.20. The summed E-state index contributed by atoms with van der Waals surface area (Å²) < 4.78 is 10.3. The molecule has 2 atom stereocenters. The van der Waals surface area contributed by atoms with Crippen LogP contribution in [-0.4, -0.2) is 42.8 Å². The predicted octanol–water partition coefficient (Wildman–Crippen LogP) is 1.05. The van der Waals surface area contributed by atoms with E-state index in [0.29, 0.717) is 29.8 Å². The summed E-state index contributed by atoms with van der Waals surface area (Å²) in [6.07, 6.45) is 2.26. The van der Waals surface area contributed by atoms with E-state index in [0.717, 1.165) is 19.4 Å². The van der Waals surface area contributed by atoms with Crippen LogP contribution in [0, 0.1) is 0 Å². The number of rotatable bonds is 4. The van der Waals surface area contributed by atoms with Gasteiger partial charge in [-0.3, -0.25) is 0 Å². The maximum atomic E-state index is 5.13. The number of piperidine rings is 1. The molecule has 1 saturated heterocycles. The van der Waals surface area contributed by atoms with E-state index < -0.39 is 0 Å². The Hall–Kier alpha value is -1.56. The van der Waals surface area contributed by atoms with Gasteiger partial charge in [0, 0.05) is 12.1 Å². The number of anilines is 1. The molecule has 100 valence electrons. The second kappa shape index (κ2) is 5.86. The maximum Gasteiger partial charge on any atom is 0.229 e. The van der Waals surface area contributed by atoms with Crippen molar-refractivity contribution in [1.82, 2.24) is 15.3 Å². The van der Waals surface area contributed by atoms with Crippen molar-refractivity contribution in [2.24, 2.45) is 0 Å². The second-order valence-corrected chi connectivity index (χ2v) is 4.41. The zero-order chi connectivity index (χ0) is 13.0. The van der Waals surface area contributed by atoms with Gasteiger partial charge in [0.15, 0.2) is 0 Å². The summed E-state index contributed by atoms with van der Waals surface area (Å²) in [5.41, 5.74) is 0. The van der Waals surface area contributed by atoms with Crippen molar-refractivity contribution in [1.29, 1.82) is 0 Å². The van der Waals surface area contributed by atoms with Crippen LogP contribution in [0.5, 0.6) is 11.8 Å². The molecule has 2 heterocycles. The summed E-state index contributed by atoms with van der Waals surface area (Å²) >= 11 is 0. The van der Waals surface area contributed by atoms with E-state index in [-0.39, 0.29) is 0 Å². The molecule has 6 heteroatoms. The van der Waals surface area contributed by atoms with E-state index in [1.54, 1.807) is 20.3 Å². The molecule has 18 heavy (non-hydrogen) atoms. The van der Waals surface area contributed by atoms with Crippen LogP contribution in [0.15, 0.2) is 6.07 Å². The van der Waals surface area contributed by atoms with Crippen LogP contribution in [0.2, 0.25) is 0 Å². The molecule has 0 saturated carbocycles. The van der Waals surface area contributed by atoms with E-state index >= 15 is 0 Å². The molecule has 2 N–H and O–H groups in total. The third-order valence-corrected chi connectivity index (χ3v) is 3.17. The number of nitrogens with zero attached hydrogens (tertiary/aromatic N) is 2. The minimum absolute atomic E-state index is 0.329. The van der Waals surface area contributed by atoms with Crippen LogP contribution >= 0.6 is 0 Å². The fraction of sp³-hybridized carbons (Fsp3) is 0.667. The molecule has 0 bridgehead atoms. The Bertz CT molecular complexity index is 377. The van der Waals surface area contributed by atoms with Crippen molar-refractivity contribution < 1.29 is 9.47 Å². The van der Waals surface area contributed by atoms with Crippen LogP contribution in [0.4, 0.5) is 5.95 Å². The second-order valence-electron chi connectivity index (χ2n) is 4.41. The molecule has 0 spiro atoms. The monoisotopic (exact) mass is 252 g/mol. The molecule has 2 unspecified atom stereocenters. The van der Waals surface area contributed by atoms with Crippen molar-refractivity contribution in [2.75, 3.05) is 26.1 Å². The van der Waals surface area contributed by atoms with E-state index in [1.807, 2.05) is 0 Å². The van der Waals surface area contributed by atoms with Gasteiger partial charge in [-0.2, -0.15) is 9.97 Å². The average molecular weight is 252 g/mol. The zero-order valence-electron chi connectivity index (χ0n) is 11.1. The lowest BCUT2D eigenvalue weighted by Crippen LogP contribution is -2.46. The normalized spacial score (nSPS) is 23.5. The maximum absolute atomic E-state index is 5.13. The summed E-state index contributed by atoms with van der Waals surface area (Å²) in [6, 6.07) is 2.39. The smallest absolute Gasteiger partial charge is 0.229 e. The van der Waals surface area contributed by atoms with Gasteiger partial charge in [0.05, 0.1) is 20.3 Å². The molecule has 0 aliphatic carbocycles. The van der Waals surface area contributed by atoms with Gasteiger partial charge in [0.2, 0.25) is 17.7 Å². The number of hydrogen-bond acceptors (Lipinski definition) is 6. The first-order chi connectivity index (χ1) is 8.72. The Labute approximate surface area is 107 Å². The molecular weight excluding hydrogens is 232 g/mol. The van der Waals surface area contributed by atoms with Crippen LogP contribution in [0.3, 0.4) is 0 Å². The molecule has 1 aliphatic rings. The van der Waals surface area contributed by atoms with Crippen molar-refractivity contribution in [3.8, 4) is 11.8 Å². The number of ether oxygens (including phenoxy) is 2. The molecule has 2 rings (SSSR count). The highest BCUT2D eigenvalue weighted by Gasteiger charge is 2.21. The van der Waals surface area contributed by atoms with E-state index in [1.165, 1.54) is 0 Å². The number of nitrogens with one attached hydrogen (secondary N) is 2. The highest BCUT2D eigenvalue weighted by atomic mass is 16.5. The molecule has 0 aromatic carbocycles. The van der Waals surface area contributed by atoms with Gasteiger partial charge < -0.3 is 20.1 Å². The zero-order valence-corrected chi connectivity index (χ0v) is 11.1. The minimum Gasteiger partial charge on any atom is -0.481 e. The van der Waals surface area contributed by atoms with Crippen molar-refractivity contribution in [3.63, 3.8) is 0 Å². The average Bonchev–Trinajstić information content (AvgIpc) is 2.41. The molecule has 1 aliphatic heterocycles. The summed E-state index contributed by atoms with van der Waals surface area (Å²) in [5.74, 6) is 1.55. The molecule has 1 fully saturated rings. The molecule has 1 aromatic heterocycles. The fourth-order valence-electron chi connectivity index (χ4n) is 2.08. The Kier molecular flexibility index (Phi) is 4.19. The van der Waals surface area contributed by atoms with Gasteiger partial charge in [-0.1, -0.05) is 0 Å². The fourth-order valence-corrected chi connectivity index (χ4v) is 2.08. The van der Waals surface area contributed by atoms with Gasteiger partial charge in [0.1, 0.15) is 0 Å². The summed E-state index contributed by atoms with van der Waals surface area (Å²) in [5, 5.41) is 6.76. The van der Waals surface area contributed by atoms with Crippen LogP contribution < -0.4 is 20.1 Å². The molecule has 0 amide bonds. The van der Waals surface area contributed by atoms with Crippen LogP contribution in [0.1, 0.15) is 19.8 Å². The summed E-state index contributed by atoms with van der Waals surface area (Å²) in [6.45, 7) is 3.23. The van der Waals surface area contributed by atoms with Gasteiger partial charge in [-0.25, -0.2) is 0 Å². The molecule has 6 nitrogen and oxygen atoms in total. The van der Waals surface area contributed by atoms with E-state index in [2.05, 4.69) is 27.5 Å². The lowest BCUT2D eigenvalue weighted by Gasteiger charge is -2.30. The lowest BCUT2D eigenvalue weighted by atomic mass is 10.0. The van der Waals surface area contributed by atoms with Crippen LogP contribution in [-0.2, 0) is 0 Å². The standard InChI is InChI=1S/C12H20N4O2/c1-8-9(5-4-6-13-8)14-12-15-10(17-2)7-11(16-12)18-3/h7-9,13H,4-6H2,1-3H3,(H,14,15,16). The largest absolute Gasteiger partial charge is 0.481 e. The van der Waals surface area contributed by atoms with Crippen molar-refractivity contribution in [2.45, 2.75) is 31.8 Å². The Balaban J connectivity index is 2.12. The molecule has 0 radical (unpaired) electrons. The Morgan fingerprint density at radius 1 is 1.28 bits per heavy atom. The van der Waals surface area contributed by atoms with Gasteiger partial charge >= 0.3 is 0 Å². The van der Waals surface area contributed by atoms with Gasteiger partial charge in [0.25, 0.3) is 0 Å². The third kappa shape index (κ3) is 3.01. The lowest BCUT2D eigenvalue weighted by molar-refractivity contribution is 0.367. The number of aromatic nitrogens is 2. The Morgan fingerprint density at radius 2 is 1.94 bits per heavy atom. The quantitative estimate of drug-likeness (QED) is 0.834. The van der Waals surface area contributed by atoms with E-state index in [9.17, 15) is 0 Å². The number of hydrogen-bond donors (Lipinski definition) is 2. The number of methoxy groups -OCH3 is 2. The third-order valence-electron chi connectivity index (χ3n) is 3.17. The van der Waals surface area contributed by atoms with Crippen LogP contribution in [0.25, 0.3) is 0 Å². The first kappa shape index (κ1) is 12.9. The molecule has 1 aromatic rings. The summed E-state index contributed by atoms with van der Waals surface area (Å²) in [4.78, 5) is 8.55. The SMILES string of the molecule is COc1cc(OC)nc(NC2CCCNC2C)n1. The first-order valence-corrected chi connectivity index (χ1v) is 6.20. The van der Waals surface area contributed by atoms with Crippen molar-refractivity contribution in [3.05, 3.63) is 6.07 Å². The van der Waals surface area contributed by atoms with E-state index in [4.69, 9.17) is 9.47 Å². The van der Waals surface area contributed by atoms with Gasteiger partial charge in [-0.05, 0) is 26.3 Å². The molecular formula is C12H20N4O2. The predicted molar refractivity (Wildman–Crippen MR) is 69.2 cm³/mol. The highest BCUT2D eigenvalue weighted by molar-refractivity contribution is 5.35. The minimum atomic E-state index is 0.329. The Morgan fingerprint density at radius 3 is 2.50 bits per heavy atom. The topological polar surface area (TPSA) is 68.3 Å².